The SMILES string of the molecule is O=C(/C=C/c1ccc(Cl)cc1)OCCNc1ncccn1. The Balaban J connectivity index is 1.69. The number of hydrogen-bond donors (Lipinski definition) is 1. The summed E-state index contributed by atoms with van der Waals surface area (Å²) in [6.45, 7) is 0.687. The summed E-state index contributed by atoms with van der Waals surface area (Å²) in [5.74, 6) is 0.103. The number of anilines is 1. The first-order valence-corrected chi connectivity index (χ1v) is 6.73. The van der Waals surface area contributed by atoms with Gasteiger partial charge < -0.3 is 10.1 Å². The first-order chi connectivity index (χ1) is 10.2. The maximum Gasteiger partial charge on any atom is 0.330 e. The molecule has 0 saturated carbocycles. The van der Waals surface area contributed by atoms with Gasteiger partial charge in [0.25, 0.3) is 0 Å². The van der Waals surface area contributed by atoms with Crippen molar-refractivity contribution in [2.24, 2.45) is 0 Å². The molecule has 0 spiro atoms. The molecule has 0 saturated heterocycles. The van der Waals surface area contributed by atoms with Gasteiger partial charge in [-0.3, -0.25) is 0 Å². The minimum Gasteiger partial charge on any atom is -0.461 e. The third kappa shape index (κ3) is 5.62. The Morgan fingerprint density at radius 2 is 1.95 bits per heavy atom. The van der Waals surface area contributed by atoms with E-state index in [-0.39, 0.29) is 6.61 Å². The van der Waals surface area contributed by atoms with E-state index in [1.807, 2.05) is 12.1 Å². The highest BCUT2D eigenvalue weighted by Gasteiger charge is 1.98. The highest BCUT2D eigenvalue weighted by Crippen LogP contribution is 2.10. The number of esters is 1. The zero-order valence-corrected chi connectivity index (χ0v) is 12.0. The molecule has 21 heavy (non-hydrogen) atoms. The van der Waals surface area contributed by atoms with Gasteiger partial charge in [-0.05, 0) is 29.8 Å². The Kier molecular flexibility index (Phi) is 5.72. The summed E-state index contributed by atoms with van der Waals surface area (Å²) in [7, 11) is 0. The molecule has 0 aliphatic heterocycles. The van der Waals surface area contributed by atoms with Crippen LogP contribution in [0.4, 0.5) is 5.95 Å². The standard InChI is InChI=1S/C15H14ClN3O2/c16-13-5-2-12(3-6-13)4-7-14(20)21-11-10-19-15-17-8-1-9-18-15/h1-9H,10-11H2,(H,17,18,19)/b7-4+. The summed E-state index contributed by atoms with van der Waals surface area (Å²) in [5, 5.41) is 3.60. The molecular formula is C15H14ClN3O2. The van der Waals surface area contributed by atoms with Crippen LogP contribution < -0.4 is 5.32 Å². The molecule has 108 valence electrons. The van der Waals surface area contributed by atoms with Crippen LogP contribution in [0.2, 0.25) is 5.02 Å². The summed E-state index contributed by atoms with van der Waals surface area (Å²) < 4.78 is 5.04. The van der Waals surface area contributed by atoms with E-state index in [1.165, 1.54) is 6.08 Å². The lowest BCUT2D eigenvalue weighted by Crippen LogP contribution is -2.13. The van der Waals surface area contributed by atoms with E-state index in [0.29, 0.717) is 17.5 Å². The lowest BCUT2D eigenvalue weighted by Gasteiger charge is -2.04. The van der Waals surface area contributed by atoms with Gasteiger partial charge in [0, 0.05) is 23.5 Å². The van der Waals surface area contributed by atoms with Crippen molar-refractivity contribution in [1.29, 1.82) is 0 Å². The monoisotopic (exact) mass is 303 g/mol. The van der Waals surface area contributed by atoms with Crippen molar-refractivity contribution in [2.75, 3.05) is 18.5 Å². The number of carbonyl (C=O) groups excluding carboxylic acids is 1. The topological polar surface area (TPSA) is 64.1 Å². The third-order valence-electron chi connectivity index (χ3n) is 2.48. The molecule has 0 unspecified atom stereocenters. The van der Waals surface area contributed by atoms with Crippen molar-refractivity contribution in [3.8, 4) is 0 Å². The number of ether oxygens (including phenoxy) is 1. The largest absolute Gasteiger partial charge is 0.461 e. The molecule has 0 radical (unpaired) electrons. The van der Waals surface area contributed by atoms with Crippen LogP contribution in [0.1, 0.15) is 5.56 Å². The molecule has 5 nitrogen and oxygen atoms in total. The number of nitrogens with zero attached hydrogens (tertiary/aromatic N) is 2. The fourth-order valence-corrected chi connectivity index (χ4v) is 1.62. The van der Waals surface area contributed by atoms with Gasteiger partial charge in [0.1, 0.15) is 6.61 Å². The molecule has 0 bridgehead atoms. The molecule has 0 atom stereocenters. The molecule has 1 N–H and O–H groups in total. The molecule has 1 aromatic heterocycles. The fraction of sp³-hybridized carbons (Fsp3) is 0.133. The highest BCUT2D eigenvalue weighted by molar-refractivity contribution is 6.30. The van der Waals surface area contributed by atoms with Crippen LogP contribution >= 0.6 is 11.6 Å². The highest BCUT2D eigenvalue weighted by atomic mass is 35.5. The maximum atomic E-state index is 11.5. The van der Waals surface area contributed by atoms with Crippen LogP contribution in [0.5, 0.6) is 0 Å². The van der Waals surface area contributed by atoms with Gasteiger partial charge in [-0.2, -0.15) is 0 Å². The van der Waals surface area contributed by atoms with Crippen molar-refractivity contribution in [3.63, 3.8) is 0 Å². The fourth-order valence-electron chi connectivity index (χ4n) is 1.49. The molecule has 0 aliphatic rings. The first-order valence-electron chi connectivity index (χ1n) is 6.35. The van der Waals surface area contributed by atoms with Gasteiger partial charge in [0.2, 0.25) is 5.95 Å². The van der Waals surface area contributed by atoms with Crippen molar-refractivity contribution >= 4 is 29.6 Å². The lowest BCUT2D eigenvalue weighted by molar-refractivity contribution is -0.137. The minimum atomic E-state index is -0.402. The number of benzene rings is 1. The van der Waals surface area contributed by atoms with E-state index < -0.39 is 5.97 Å². The van der Waals surface area contributed by atoms with Gasteiger partial charge in [0.15, 0.2) is 0 Å². The van der Waals surface area contributed by atoms with Crippen LogP contribution in [0.25, 0.3) is 6.08 Å². The smallest absolute Gasteiger partial charge is 0.330 e. The summed E-state index contributed by atoms with van der Waals surface area (Å²) in [5.41, 5.74) is 0.882. The van der Waals surface area contributed by atoms with Crippen LogP contribution in [0, 0.1) is 0 Å². The second kappa shape index (κ2) is 8.01. The van der Waals surface area contributed by atoms with E-state index >= 15 is 0 Å². The third-order valence-corrected chi connectivity index (χ3v) is 2.73. The molecule has 1 heterocycles. The summed E-state index contributed by atoms with van der Waals surface area (Å²) in [4.78, 5) is 19.5. The average Bonchev–Trinajstić information content (AvgIpc) is 2.52. The number of rotatable bonds is 6. The predicted octanol–water partition coefficient (Wildman–Crippen LogP) is 2.80. The zero-order chi connectivity index (χ0) is 14.9. The van der Waals surface area contributed by atoms with Crippen LogP contribution in [0.3, 0.4) is 0 Å². The average molecular weight is 304 g/mol. The second-order valence-corrected chi connectivity index (χ2v) is 4.49. The quantitative estimate of drug-likeness (QED) is 0.505. The van der Waals surface area contributed by atoms with Gasteiger partial charge in [-0.1, -0.05) is 23.7 Å². The summed E-state index contributed by atoms with van der Waals surface area (Å²) in [6, 6.07) is 8.89. The Morgan fingerprint density at radius 3 is 2.67 bits per heavy atom. The Morgan fingerprint density at radius 1 is 1.24 bits per heavy atom. The van der Waals surface area contributed by atoms with Crippen molar-refractivity contribution in [2.45, 2.75) is 0 Å². The molecule has 0 aliphatic carbocycles. The van der Waals surface area contributed by atoms with Gasteiger partial charge in [-0.25, -0.2) is 14.8 Å². The first kappa shape index (κ1) is 15.0. The Hall–Kier alpha value is -2.40. The van der Waals surface area contributed by atoms with Crippen LogP contribution in [-0.2, 0) is 9.53 Å². The number of nitrogens with one attached hydrogen (secondary N) is 1. The molecule has 0 amide bonds. The maximum absolute atomic E-state index is 11.5. The van der Waals surface area contributed by atoms with Crippen LogP contribution in [0.15, 0.2) is 48.8 Å². The number of hydrogen-bond acceptors (Lipinski definition) is 5. The van der Waals surface area contributed by atoms with E-state index in [4.69, 9.17) is 16.3 Å². The predicted molar refractivity (Wildman–Crippen MR) is 82.0 cm³/mol. The van der Waals surface area contributed by atoms with Crippen molar-refractivity contribution < 1.29 is 9.53 Å². The molecule has 2 rings (SSSR count). The number of halogens is 1. The lowest BCUT2D eigenvalue weighted by atomic mass is 10.2. The molecule has 6 heteroatoms. The minimum absolute atomic E-state index is 0.238. The summed E-state index contributed by atoms with van der Waals surface area (Å²) in [6.07, 6.45) is 6.32. The van der Waals surface area contributed by atoms with E-state index in [9.17, 15) is 4.79 Å². The summed E-state index contributed by atoms with van der Waals surface area (Å²) >= 11 is 5.78. The Bertz CT molecular complexity index is 600. The van der Waals surface area contributed by atoms with Crippen LogP contribution in [-0.4, -0.2) is 29.1 Å². The van der Waals surface area contributed by atoms with Crippen molar-refractivity contribution in [1.82, 2.24) is 9.97 Å². The number of aromatic nitrogens is 2. The van der Waals surface area contributed by atoms with E-state index in [1.54, 1.807) is 36.7 Å². The van der Waals surface area contributed by atoms with Gasteiger partial charge in [-0.15, -0.1) is 0 Å². The molecule has 2 aromatic rings. The van der Waals surface area contributed by atoms with Gasteiger partial charge in [0.05, 0.1) is 6.54 Å². The second-order valence-electron chi connectivity index (χ2n) is 4.05. The van der Waals surface area contributed by atoms with E-state index in [2.05, 4.69) is 15.3 Å². The zero-order valence-electron chi connectivity index (χ0n) is 11.2. The van der Waals surface area contributed by atoms with Crippen molar-refractivity contribution in [3.05, 3.63) is 59.4 Å². The van der Waals surface area contributed by atoms with E-state index in [0.717, 1.165) is 5.56 Å². The molecular weight excluding hydrogens is 290 g/mol. The Labute approximate surface area is 127 Å². The number of carbonyl (C=O) groups is 1. The van der Waals surface area contributed by atoms with Gasteiger partial charge >= 0.3 is 5.97 Å². The molecule has 1 aromatic carbocycles. The molecule has 0 fully saturated rings. The normalized spacial score (nSPS) is 10.5.